The second kappa shape index (κ2) is 34.6. The smallest absolute Gasteiger partial charge is 0.221 e. The molecule has 0 atom stereocenters. The van der Waals surface area contributed by atoms with Gasteiger partial charge < -0.3 is 77.3 Å². The molecule has 0 unspecified atom stereocenters. The van der Waals surface area contributed by atoms with Crippen molar-refractivity contribution in [3.8, 4) is 94.8 Å². The number of methoxy groups -OCH3 is 1. The first kappa shape index (κ1) is 81.4. The van der Waals surface area contributed by atoms with E-state index in [0.29, 0.717) is 160 Å². The summed E-state index contributed by atoms with van der Waals surface area (Å²) in [5.41, 5.74) is 38.6. The Morgan fingerprint density at radius 1 is 0.318 bits per heavy atom. The van der Waals surface area contributed by atoms with Crippen LogP contribution in [0, 0.1) is 0 Å². The molecule has 8 aliphatic rings. The molecule has 16 aromatic rings. The summed E-state index contributed by atoms with van der Waals surface area (Å²) in [5.74, 6) is 3.15. The second-order valence-corrected chi connectivity index (χ2v) is 33.4. The van der Waals surface area contributed by atoms with Crippen molar-refractivity contribution in [2.75, 3.05) is 155 Å². The normalized spacial score (nSPS) is 14.9. The molecule has 4 saturated heterocycles. The van der Waals surface area contributed by atoms with Gasteiger partial charge in [-0.05, 0) is 163 Å². The quantitative estimate of drug-likeness (QED) is 0.102. The van der Waals surface area contributed by atoms with Gasteiger partial charge in [-0.2, -0.15) is 0 Å². The summed E-state index contributed by atoms with van der Waals surface area (Å²) in [6, 6.07) is 79.6. The largest absolute Gasteiger partial charge is 0.496 e. The maximum atomic E-state index is 13.0. The Hall–Kier alpha value is -14.6. The van der Waals surface area contributed by atoms with Gasteiger partial charge in [-0.1, -0.05) is 170 Å². The number of hydrogen-bond donors (Lipinski definition) is 3. The van der Waals surface area contributed by atoms with E-state index < -0.39 is 0 Å². The first-order chi connectivity index (χ1) is 63.3. The van der Waals surface area contributed by atoms with Crippen molar-refractivity contribution in [2.24, 2.45) is 0 Å². The fourth-order valence-electron chi connectivity index (χ4n) is 19.9. The molecule has 8 heterocycles. The van der Waals surface area contributed by atoms with Crippen LogP contribution in [-0.4, -0.2) is 125 Å². The van der Waals surface area contributed by atoms with E-state index in [1.807, 2.05) is 116 Å². The second-order valence-electron chi connectivity index (χ2n) is 33.4. The van der Waals surface area contributed by atoms with Crippen molar-refractivity contribution in [1.82, 2.24) is 0 Å². The van der Waals surface area contributed by atoms with Gasteiger partial charge in [0, 0.05) is 152 Å². The molecule has 24 rings (SSSR count). The van der Waals surface area contributed by atoms with Gasteiger partial charge in [-0.15, -0.1) is 0 Å². The number of carbonyl (C=O) groups excluding carboxylic acids is 1. The Balaban J connectivity index is 0.000000104. The Morgan fingerprint density at radius 3 is 0.930 bits per heavy atom. The average Bonchev–Trinajstić information content (AvgIpc) is 1.65. The molecule has 129 heavy (non-hydrogen) atoms. The number of nitrogens with two attached hydrogens (primary N) is 1. The number of carbonyl (C=O) groups is 1. The van der Waals surface area contributed by atoms with E-state index in [-0.39, 0.29) is 27.6 Å². The lowest BCUT2D eigenvalue weighted by atomic mass is 9.93. The Bertz CT molecular complexity index is 7220. The predicted molar refractivity (Wildman–Crippen MR) is 512 cm³/mol. The monoisotopic (exact) mass is 1710 g/mol. The van der Waals surface area contributed by atoms with Crippen LogP contribution in [0.3, 0.4) is 0 Å². The van der Waals surface area contributed by atoms with Crippen LogP contribution in [0.25, 0.3) is 133 Å². The van der Waals surface area contributed by atoms with E-state index in [1.165, 1.54) is 68.1 Å². The zero-order valence-electron chi connectivity index (χ0n) is 71.8. The highest BCUT2D eigenvalue weighted by Gasteiger charge is 2.33. The Kier molecular flexibility index (Phi) is 21.9. The highest BCUT2D eigenvalue weighted by atomic mass is 16.5. The van der Waals surface area contributed by atoms with Crippen LogP contribution in [0.4, 0.5) is 40.6 Å². The fourth-order valence-corrected chi connectivity index (χ4v) is 19.9. The molecule has 4 aromatic heterocycles. The van der Waals surface area contributed by atoms with Crippen LogP contribution >= 0.6 is 0 Å². The fraction of sp³-hybridized carbons (Fsp3) is 0.213. The lowest BCUT2D eigenvalue weighted by Gasteiger charge is -2.27. The summed E-state index contributed by atoms with van der Waals surface area (Å²) in [4.78, 5) is 72.2. The summed E-state index contributed by atoms with van der Waals surface area (Å²) < 4.78 is 53.1. The van der Waals surface area contributed by atoms with Crippen molar-refractivity contribution in [3.05, 3.63) is 328 Å². The van der Waals surface area contributed by atoms with E-state index in [9.17, 15) is 24.0 Å². The lowest BCUT2D eigenvalue weighted by Crippen LogP contribution is -2.36. The first-order valence-electron chi connectivity index (χ1n) is 44.1. The summed E-state index contributed by atoms with van der Waals surface area (Å²) in [6.45, 7) is 12.2. The average molecular weight is 1710 g/mol. The number of nitrogens with zero attached hydrogens (tertiary/aromatic N) is 4. The molecular formula is C108H93N7O14. The molecule has 4 aliphatic carbocycles. The molecule has 0 spiro atoms. The standard InChI is InChI=1S/C28H24N2O4.C27H24N2O3.C27H23NO4.C26H22N2O3/c1-17(31)29-24-10-9-20(23-15-18-5-2-3-6-19(18)27(23)24)21-7-4-8-22-25(32)16-26(34-28(21)22)30-11-13-33-14-12-30;1-28-23-10-9-19(22-15-17-5-2-3-6-18(17)26(22)23)20-7-4-8-21-24(30)16-25(32-27(20)21)29-11-13-31-14-12-29;1-30-24-10-9-19(22-15-17-5-2-3-6-18(17)26(22)24)20-7-4-8-21-23(29)16-25(32-27(20)21)28-11-13-31-14-12-28;27-22-9-8-18(21-14-16-4-1-2-5-17(16)25(21)22)19-6-3-7-20-23(29)15-24(31-26(19)20)28-10-12-30-13-11-28/h2-10,16H,11-15H2,1H3,(H,29,31);2-10,16,28H,11-15H2,1H3;2-10,16H,11-15H2,1H3;1-9,15H,10-14,27H2. The number of ether oxygens (including phenoxy) is 5. The minimum absolute atomic E-state index is 0.0126. The summed E-state index contributed by atoms with van der Waals surface area (Å²) in [6.07, 6.45) is 3.25. The number of hydrogen-bond acceptors (Lipinski definition) is 20. The Labute approximate surface area is 743 Å². The molecule has 0 bridgehead atoms. The third kappa shape index (κ3) is 15.1. The number of fused-ring (bicyclic) bond motifs is 16. The van der Waals surface area contributed by atoms with Crippen LogP contribution in [0.15, 0.2) is 280 Å². The highest BCUT2D eigenvalue weighted by molar-refractivity contribution is 6.05. The number of morpholine rings is 4. The van der Waals surface area contributed by atoms with E-state index >= 15 is 0 Å². The van der Waals surface area contributed by atoms with Gasteiger partial charge in [-0.3, -0.25) is 24.0 Å². The van der Waals surface area contributed by atoms with Crippen molar-refractivity contribution in [1.29, 1.82) is 0 Å². The van der Waals surface area contributed by atoms with Crippen LogP contribution in [0.2, 0.25) is 0 Å². The van der Waals surface area contributed by atoms with Crippen LogP contribution in [-0.2, 0) is 49.4 Å². The maximum absolute atomic E-state index is 13.0. The van der Waals surface area contributed by atoms with Gasteiger partial charge in [0.2, 0.25) is 5.91 Å². The molecule has 4 N–H and O–H groups in total. The Morgan fingerprint density at radius 2 is 0.597 bits per heavy atom. The SMILES string of the molecule is CC(=O)Nc1ccc(-c2cccc3c(=O)cc(N4CCOCC4)oc23)c2c1-c1ccccc1C2.CNc1ccc(-c2cccc3c(=O)cc(N4CCOCC4)oc23)c2c1-c1ccccc1C2.COc1ccc(-c2cccc3c(=O)cc(N4CCOCC4)oc23)c2c1-c1ccccc1C2.Nc1ccc(-c2cccc3c(=O)cc(N4CCOCC4)oc23)c2c1-c1ccccc1C2. The van der Waals surface area contributed by atoms with Crippen molar-refractivity contribution in [2.45, 2.75) is 32.6 Å². The topological polar surface area (TPSA) is 247 Å². The van der Waals surface area contributed by atoms with Crippen molar-refractivity contribution < 1.29 is 46.1 Å². The van der Waals surface area contributed by atoms with Gasteiger partial charge in [0.05, 0.1) is 81.5 Å². The number of rotatable bonds is 11. The number of amides is 1. The molecule has 0 radical (unpaired) electrons. The number of para-hydroxylation sites is 4. The molecule has 644 valence electrons. The third-order valence-corrected chi connectivity index (χ3v) is 26.1. The highest BCUT2D eigenvalue weighted by Crippen LogP contribution is 2.52. The minimum Gasteiger partial charge on any atom is -0.496 e. The molecule has 12 aromatic carbocycles. The molecular weight excluding hydrogens is 1620 g/mol. The van der Waals surface area contributed by atoms with Gasteiger partial charge >= 0.3 is 0 Å². The summed E-state index contributed by atoms with van der Waals surface area (Å²) in [5, 5.41) is 8.71. The molecule has 21 heteroatoms. The lowest BCUT2D eigenvalue weighted by molar-refractivity contribution is -0.114. The van der Waals surface area contributed by atoms with Crippen LogP contribution in [0.1, 0.15) is 51.4 Å². The molecule has 4 fully saturated rings. The van der Waals surface area contributed by atoms with Crippen molar-refractivity contribution in [3.63, 3.8) is 0 Å². The van der Waals surface area contributed by atoms with Crippen LogP contribution in [0.5, 0.6) is 5.75 Å². The summed E-state index contributed by atoms with van der Waals surface area (Å²) in [7, 11) is 3.67. The van der Waals surface area contributed by atoms with E-state index in [4.69, 9.17) is 47.1 Å². The zero-order chi connectivity index (χ0) is 87.5. The zero-order valence-corrected chi connectivity index (χ0v) is 71.8. The van der Waals surface area contributed by atoms with E-state index in [2.05, 4.69) is 139 Å². The van der Waals surface area contributed by atoms with Crippen molar-refractivity contribution >= 4 is 90.4 Å². The number of anilines is 7. The van der Waals surface area contributed by atoms with E-state index in [1.54, 1.807) is 31.4 Å². The summed E-state index contributed by atoms with van der Waals surface area (Å²) >= 11 is 0. The maximum Gasteiger partial charge on any atom is 0.221 e. The third-order valence-electron chi connectivity index (χ3n) is 26.1. The van der Waals surface area contributed by atoms with Gasteiger partial charge in [0.1, 0.15) is 28.1 Å². The minimum atomic E-state index is -0.106. The van der Waals surface area contributed by atoms with Gasteiger partial charge in [0.25, 0.3) is 0 Å². The van der Waals surface area contributed by atoms with E-state index in [0.717, 1.165) is 134 Å². The molecule has 4 aliphatic heterocycles. The van der Waals surface area contributed by atoms with Gasteiger partial charge in [-0.25, -0.2) is 0 Å². The number of benzene rings is 12. The molecule has 0 saturated carbocycles. The van der Waals surface area contributed by atoms with Crippen LogP contribution < -0.4 is 62.4 Å². The first-order valence-corrected chi connectivity index (χ1v) is 44.1. The molecule has 1 amide bonds. The number of nitrogen functional groups attached to an aromatic ring is 1. The number of nitrogens with one attached hydrogen (secondary N) is 2. The molecule has 21 nitrogen and oxygen atoms in total. The van der Waals surface area contributed by atoms with Gasteiger partial charge in [0.15, 0.2) is 45.3 Å². The predicted octanol–water partition coefficient (Wildman–Crippen LogP) is 19.1.